The van der Waals surface area contributed by atoms with Crippen LogP contribution < -0.4 is 16.2 Å². The summed E-state index contributed by atoms with van der Waals surface area (Å²) in [6, 6.07) is 14.0. The summed E-state index contributed by atoms with van der Waals surface area (Å²) in [5.74, 6) is -0.756. The van der Waals surface area contributed by atoms with Gasteiger partial charge in [-0.3, -0.25) is 14.4 Å². The number of hydrogen-bond acceptors (Lipinski definition) is 4. The first-order chi connectivity index (χ1) is 14.7. The number of nitrogens with one attached hydrogen (secondary N) is 2. The second-order valence-corrected chi connectivity index (χ2v) is 7.72. The minimum absolute atomic E-state index is 0.0734. The van der Waals surface area contributed by atoms with Crippen molar-refractivity contribution in [1.29, 1.82) is 0 Å². The minimum Gasteiger partial charge on any atom is -0.324 e. The van der Waals surface area contributed by atoms with Crippen LogP contribution in [0.25, 0.3) is 11.3 Å². The number of anilines is 2. The largest absolute Gasteiger partial charge is 0.324 e. The van der Waals surface area contributed by atoms with E-state index < -0.39 is 11.6 Å². The van der Waals surface area contributed by atoms with Crippen LogP contribution in [0.4, 0.5) is 11.4 Å². The average molecular weight is 418 g/mol. The first-order valence-corrected chi connectivity index (χ1v) is 10.0. The molecule has 0 aliphatic carbocycles. The number of nitrogens with zero attached hydrogens (tertiary/aromatic N) is 2. The van der Waals surface area contributed by atoms with Crippen molar-refractivity contribution in [3.63, 3.8) is 0 Å². The Kier molecular flexibility index (Phi) is 6.34. The van der Waals surface area contributed by atoms with Crippen LogP contribution in [0.15, 0.2) is 53.3 Å². The molecular weight excluding hydrogens is 392 g/mol. The van der Waals surface area contributed by atoms with Gasteiger partial charge in [0.2, 0.25) is 11.8 Å². The molecule has 0 aliphatic heterocycles. The fraction of sp³-hybridized carbons (Fsp3) is 0.250. The second-order valence-electron chi connectivity index (χ2n) is 7.72. The summed E-state index contributed by atoms with van der Waals surface area (Å²) in [5.41, 5.74) is 4.55. The smallest absolute Gasteiger partial charge is 0.291 e. The monoisotopic (exact) mass is 418 g/mol. The molecule has 7 heteroatoms. The van der Waals surface area contributed by atoms with Crippen LogP contribution in [0.1, 0.15) is 36.6 Å². The van der Waals surface area contributed by atoms with Crippen LogP contribution in [0.3, 0.4) is 0 Å². The van der Waals surface area contributed by atoms with Gasteiger partial charge in [-0.05, 0) is 45.4 Å². The Balaban J connectivity index is 2.02. The lowest BCUT2D eigenvalue weighted by molar-refractivity contribution is -0.119. The van der Waals surface area contributed by atoms with Gasteiger partial charge in [0.25, 0.3) is 5.56 Å². The molecule has 7 nitrogen and oxygen atoms in total. The lowest BCUT2D eigenvalue weighted by Gasteiger charge is -2.18. The van der Waals surface area contributed by atoms with Gasteiger partial charge in [0.05, 0.1) is 5.69 Å². The van der Waals surface area contributed by atoms with Crippen LogP contribution in [0, 0.1) is 20.8 Å². The first-order valence-electron chi connectivity index (χ1n) is 10.0. The molecule has 0 bridgehead atoms. The molecule has 3 rings (SSSR count). The summed E-state index contributed by atoms with van der Waals surface area (Å²) in [6.45, 7) is 8.78. The molecular formula is C24H26N4O3. The normalized spacial score (nSPS) is 11.6. The van der Waals surface area contributed by atoms with Crippen molar-refractivity contribution >= 4 is 23.2 Å². The molecule has 31 heavy (non-hydrogen) atoms. The third-order valence-corrected chi connectivity index (χ3v) is 4.98. The Morgan fingerprint density at radius 1 is 0.903 bits per heavy atom. The number of hydrogen-bond donors (Lipinski definition) is 2. The molecule has 3 aromatic rings. The van der Waals surface area contributed by atoms with Gasteiger partial charge < -0.3 is 10.6 Å². The van der Waals surface area contributed by atoms with E-state index in [1.807, 2.05) is 63.2 Å². The molecule has 1 atom stereocenters. The fourth-order valence-electron chi connectivity index (χ4n) is 3.22. The fourth-order valence-corrected chi connectivity index (χ4v) is 3.22. The lowest BCUT2D eigenvalue weighted by Crippen LogP contribution is -2.35. The Bertz CT molecular complexity index is 1200. The molecule has 0 unspecified atom stereocenters. The zero-order valence-electron chi connectivity index (χ0n) is 18.3. The number of amides is 2. The van der Waals surface area contributed by atoms with Crippen LogP contribution in [-0.2, 0) is 9.59 Å². The van der Waals surface area contributed by atoms with Crippen molar-refractivity contribution in [3.05, 3.63) is 75.6 Å². The summed E-state index contributed by atoms with van der Waals surface area (Å²) < 4.78 is 1.11. The van der Waals surface area contributed by atoms with Gasteiger partial charge in [-0.25, -0.2) is 4.68 Å². The number of aromatic nitrogens is 2. The number of rotatable bonds is 5. The topological polar surface area (TPSA) is 93.1 Å². The molecule has 2 aromatic carbocycles. The van der Waals surface area contributed by atoms with Crippen molar-refractivity contribution in [2.45, 2.75) is 40.7 Å². The predicted molar refractivity (Wildman–Crippen MR) is 122 cm³/mol. The Morgan fingerprint density at radius 2 is 1.55 bits per heavy atom. The summed E-state index contributed by atoms with van der Waals surface area (Å²) in [6.07, 6.45) is 0. The highest BCUT2D eigenvalue weighted by atomic mass is 16.2. The van der Waals surface area contributed by atoms with Crippen LogP contribution in [0.5, 0.6) is 0 Å². The third kappa shape index (κ3) is 5.06. The van der Waals surface area contributed by atoms with E-state index in [-0.39, 0.29) is 17.5 Å². The molecule has 0 saturated carbocycles. The van der Waals surface area contributed by atoms with Gasteiger partial charge in [0, 0.05) is 18.2 Å². The van der Waals surface area contributed by atoms with E-state index in [2.05, 4.69) is 15.7 Å². The van der Waals surface area contributed by atoms with Crippen LogP contribution in [-0.4, -0.2) is 21.6 Å². The molecule has 0 spiro atoms. The van der Waals surface area contributed by atoms with Gasteiger partial charge in [0.15, 0.2) is 0 Å². The summed E-state index contributed by atoms with van der Waals surface area (Å²) in [4.78, 5) is 37.5. The SMILES string of the molecule is CC(=O)Nc1cc(-c2ccc(C)cc2)nn([C@@H](C)C(=O)Nc2ccc(C)cc2C)c1=O. The average Bonchev–Trinajstić information content (AvgIpc) is 2.71. The molecule has 0 saturated heterocycles. The highest BCUT2D eigenvalue weighted by molar-refractivity contribution is 5.94. The van der Waals surface area contributed by atoms with Crippen molar-refractivity contribution in [2.75, 3.05) is 10.6 Å². The second kappa shape index (κ2) is 8.95. The van der Waals surface area contributed by atoms with Gasteiger partial charge in [-0.1, -0.05) is 47.5 Å². The third-order valence-electron chi connectivity index (χ3n) is 4.98. The van der Waals surface area contributed by atoms with E-state index in [1.54, 1.807) is 6.92 Å². The number of carbonyl (C=O) groups is 2. The van der Waals surface area contributed by atoms with E-state index in [0.29, 0.717) is 11.4 Å². The van der Waals surface area contributed by atoms with Crippen LogP contribution >= 0.6 is 0 Å². The number of benzene rings is 2. The van der Waals surface area contributed by atoms with E-state index in [0.717, 1.165) is 26.9 Å². The Morgan fingerprint density at radius 3 is 2.16 bits per heavy atom. The Hall–Kier alpha value is -3.74. The Labute approximate surface area is 181 Å². The zero-order chi connectivity index (χ0) is 22.7. The van der Waals surface area contributed by atoms with E-state index in [9.17, 15) is 14.4 Å². The minimum atomic E-state index is -0.897. The highest BCUT2D eigenvalue weighted by Crippen LogP contribution is 2.21. The number of carbonyl (C=O) groups excluding carboxylic acids is 2. The standard InChI is InChI=1S/C24H26N4O3/c1-14-6-9-19(10-7-14)21-13-22(25-18(5)29)24(31)28(27-21)17(4)23(30)26-20-11-8-15(2)12-16(20)3/h6-13,17H,1-5H3,(H,25,29)(H,26,30)/t17-/m0/s1. The summed E-state index contributed by atoms with van der Waals surface area (Å²) in [7, 11) is 0. The molecule has 0 aliphatic rings. The summed E-state index contributed by atoms with van der Waals surface area (Å²) >= 11 is 0. The first kappa shape index (κ1) is 22.0. The molecule has 160 valence electrons. The van der Waals surface area contributed by atoms with Gasteiger partial charge in [-0.15, -0.1) is 0 Å². The van der Waals surface area contributed by atoms with Gasteiger partial charge in [0.1, 0.15) is 11.7 Å². The predicted octanol–water partition coefficient (Wildman–Crippen LogP) is 3.99. The lowest BCUT2D eigenvalue weighted by atomic mass is 10.1. The highest BCUT2D eigenvalue weighted by Gasteiger charge is 2.21. The molecule has 2 amide bonds. The molecule has 1 heterocycles. The van der Waals surface area contributed by atoms with Crippen molar-refractivity contribution < 1.29 is 9.59 Å². The van der Waals surface area contributed by atoms with Crippen molar-refractivity contribution in [2.24, 2.45) is 0 Å². The zero-order valence-corrected chi connectivity index (χ0v) is 18.3. The summed E-state index contributed by atoms with van der Waals surface area (Å²) in [5, 5.41) is 9.85. The van der Waals surface area contributed by atoms with E-state index in [4.69, 9.17) is 0 Å². The van der Waals surface area contributed by atoms with Crippen molar-refractivity contribution in [1.82, 2.24) is 9.78 Å². The van der Waals surface area contributed by atoms with Gasteiger partial charge >= 0.3 is 0 Å². The van der Waals surface area contributed by atoms with Crippen LogP contribution in [0.2, 0.25) is 0 Å². The van der Waals surface area contributed by atoms with E-state index >= 15 is 0 Å². The van der Waals surface area contributed by atoms with Crippen molar-refractivity contribution in [3.8, 4) is 11.3 Å². The van der Waals surface area contributed by atoms with Gasteiger partial charge in [-0.2, -0.15) is 5.10 Å². The molecule has 2 N–H and O–H groups in total. The maximum atomic E-state index is 13.0. The number of aryl methyl sites for hydroxylation is 3. The van der Waals surface area contributed by atoms with E-state index in [1.165, 1.54) is 13.0 Å². The maximum absolute atomic E-state index is 13.0. The molecule has 0 radical (unpaired) electrons. The molecule has 0 fully saturated rings. The quantitative estimate of drug-likeness (QED) is 0.655. The maximum Gasteiger partial charge on any atom is 0.291 e. The molecule has 1 aromatic heterocycles.